The van der Waals surface area contributed by atoms with Gasteiger partial charge in [0, 0.05) is 18.7 Å². The Balaban J connectivity index is 1.88. The second-order valence-electron chi connectivity index (χ2n) is 6.12. The van der Waals surface area contributed by atoms with Crippen LogP contribution < -0.4 is 5.32 Å². The molecule has 114 valence electrons. The van der Waals surface area contributed by atoms with Gasteiger partial charge in [0.2, 0.25) is 0 Å². The van der Waals surface area contributed by atoms with E-state index >= 15 is 0 Å². The van der Waals surface area contributed by atoms with Crippen LogP contribution in [0, 0.1) is 12.8 Å². The standard InChI is InChI=1S/C17H30N2O/c1-4-8-18-11-17-10-16(14(3)20-17)13-19-9-6-7-15(5-2)12-19/h10,15,18H,4-9,11-13H2,1-3H3. The van der Waals surface area contributed by atoms with E-state index in [-0.39, 0.29) is 0 Å². The molecule has 0 aliphatic carbocycles. The summed E-state index contributed by atoms with van der Waals surface area (Å²) in [5.74, 6) is 3.06. The molecule has 2 heterocycles. The molecule has 1 aromatic heterocycles. The first-order chi connectivity index (χ1) is 9.72. The predicted octanol–water partition coefficient (Wildman–Crippen LogP) is 3.71. The van der Waals surface area contributed by atoms with Crippen LogP contribution in [0.25, 0.3) is 0 Å². The van der Waals surface area contributed by atoms with Gasteiger partial charge in [-0.3, -0.25) is 4.90 Å². The molecular formula is C17H30N2O. The van der Waals surface area contributed by atoms with Gasteiger partial charge in [-0.15, -0.1) is 0 Å². The summed E-state index contributed by atoms with van der Waals surface area (Å²) in [5.41, 5.74) is 1.37. The first-order valence-corrected chi connectivity index (χ1v) is 8.24. The Morgan fingerprint density at radius 1 is 1.40 bits per heavy atom. The van der Waals surface area contributed by atoms with Crippen molar-refractivity contribution >= 4 is 0 Å². The SMILES string of the molecule is CCCNCc1cc(CN2CCCC(CC)C2)c(C)o1. The maximum absolute atomic E-state index is 5.87. The minimum atomic E-state index is 0.853. The quantitative estimate of drug-likeness (QED) is 0.771. The average molecular weight is 278 g/mol. The lowest BCUT2D eigenvalue weighted by Crippen LogP contribution is -2.34. The van der Waals surface area contributed by atoms with E-state index in [2.05, 4.69) is 37.1 Å². The molecule has 1 N–H and O–H groups in total. The van der Waals surface area contributed by atoms with Crippen molar-refractivity contribution in [2.75, 3.05) is 19.6 Å². The Bertz CT molecular complexity index is 400. The number of rotatable bonds is 7. The third-order valence-electron chi connectivity index (χ3n) is 4.37. The van der Waals surface area contributed by atoms with Crippen molar-refractivity contribution < 1.29 is 4.42 Å². The van der Waals surface area contributed by atoms with Crippen molar-refractivity contribution in [3.63, 3.8) is 0 Å². The van der Waals surface area contributed by atoms with Gasteiger partial charge in [-0.2, -0.15) is 0 Å². The van der Waals surface area contributed by atoms with Gasteiger partial charge in [-0.1, -0.05) is 20.3 Å². The Labute approximate surface area is 123 Å². The normalized spacial score (nSPS) is 20.4. The topological polar surface area (TPSA) is 28.4 Å². The molecule has 1 aliphatic rings. The first-order valence-electron chi connectivity index (χ1n) is 8.24. The largest absolute Gasteiger partial charge is 0.465 e. The van der Waals surface area contributed by atoms with Crippen LogP contribution in [0.1, 0.15) is 56.6 Å². The van der Waals surface area contributed by atoms with E-state index in [9.17, 15) is 0 Å². The lowest BCUT2D eigenvalue weighted by molar-refractivity contribution is 0.164. The minimum Gasteiger partial charge on any atom is -0.465 e. The number of aryl methyl sites for hydroxylation is 1. The fourth-order valence-corrected chi connectivity index (χ4v) is 3.09. The van der Waals surface area contributed by atoms with Gasteiger partial charge >= 0.3 is 0 Å². The lowest BCUT2D eigenvalue weighted by Gasteiger charge is -2.32. The highest BCUT2D eigenvalue weighted by molar-refractivity contribution is 5.20. The van der Waals surface area contributed by atoms with E-state index in [1.54, 1.807) is 0 Å². The summed E-state index contributed by atoms with van der Waals surface area (Å²) in [4.78, 5) is 2.60. The maximum atomic E-state index is 5.87. The molecule has 0 spiro atoms. The van der Waals surface area contributed by atoms with Crippen molar-refractivity contribution in [2.45, 2.75) is 59.5 Å². The fraction of sp³-hybridized carbons (Fsp3) is 0.765. The van der Waals surface area contributed by atoms with Crippen molar-refractivity contribution in [3.05, 3.63) is 23.2 Å². The number of nitrogens with one attached hydrogen (secondary N) is 1. The Hall–Kier alpha value is -0.800. The maximum Gasteiger partial charge on any atom is 0.118 e. The van der Waals surface area contributed by atoms with Gasteiger partial charge in [-0.25, -0.2) is 0 Å². The average Bonchev–Trinajstić information content (AvgIpc) is 2.80. The Kier molecular flexibility index (Phi) is 6.11. The van der Waals surface area contributed by atoms with E-state index < -0.39 is 0 Å². The highest BCUT2D eigenvalue weighted by Gasteiger charge is 2.20. The summed E-state index contributed by atoms with van der Waals surface area (Å²) in [6.07, 6.45) is 5.23. The van der Waals surface area contributed by atoms with Crippen LogP contribution in [0.15, 0.2) is 10.5 Å². The van der Waals surface area contributed by atoms with Crippen LogP contribution in [0.3, 0.4) is 0 Å². The van der Waals surface area contributed by atoms with Gasteiger partial charge in [0.25, 0.3) is 0 Å². The van der Waals surface area contributed by atoms with Crippen molar-refractivity contribution in [2.24, 2.45) is 5.92 Å². The zero-order valence-corrected chi connectivity index (χ0v) is 13.4. The van der Waals surface area contributed by atoms with Gasteiger partial charge in [-0.05, 0) is 51.3 Å². The van der Waals surface area contributed by atoms with Gasteiger partial charge in [0.05, 0.1) is 6.54 Å². The number of nitrogens with zero attached hydrogens (tertiary/aromatic N) is 1. The van der Waals surface area contributed by atoms with E-state index in [4.69, 9.17) is 4.42 Å². The number of hydrogen-bond donors (Lipinski definition) is 1. The van der Waals surface area contributed by atoms with E-state index in [0.717, 1.165) is 37.1 Å². The molecular weight excluding hydrogens is 248 g/mol. The predicted molar refractivity (Wildman–Crippen MR) is 83.7 cm³/mol. The first kappa shape index (κ1) is 15.6. The second-order valence-corrected chi connectivity index (χ2v) is 6.12. The summed E-state index contributed by atoms with van der Waals surface area (Å²) in [7, 11) is 0. The molecule has 0 radical (unpaired) electrons. The molecule has 2 rings (SSSR count). The molecule has 1 unspecified atom stereocenters. The monoisotopic (exact) mass is 278 g/mol. The molecule has 1 atom stereocenters. The Morgan fingerprint density at radius 2 is 2.25 bits per heavy atom. The molecule has 3 heteroatoms. The van der Waals surface area contributed by atoms with Gasteiger partial charge in [0.1, 0.15) is 11.5 Å². The summed E-state index contributed by atoms with van der Waals surface area (Å²) in [5, 5.41) is 3.40. The van der Waals surface area contributed by atoms with Crippen molar-refractivity contribution in [3.8, 4) is 0 Å². The van der Waals surface area contributed by atoms with Crippen LogP contribution in [0.5, 0.6) is 0 Å². The fourth-order valence-electron chi connectivity index (χ4n) is 3.09. The molecule has 1 fully saturated rings. The van der Waals surface area contributed by atoms with Gasteiger partial charge in [0.15, 0.2) is 0 Å². The molecule has 3 nitrogen and oxygen atoms in total. The number of hydrogen-bond acceptors (Lipinski definition) is 3. The summed E-state index contributed by atoms with van der Waals surface area (Å²) in [6.45, 7) is 12.1. The molecule has 0 bridgehead atoms. The molecule has 1 aliphatic heterocycles. The zero-order chi connectivity index (χ0) is 14.4. The highest BCUT2D eigenvalue weighted by Crippen LogP contribution is 2.23. The van der Waals surface area contributed by atoms with Crippen LogP contribution in [0.4, 0.5) is 0 Å². The molecule has 0 aromatic carbocycles. The van der Waals surface area contributed by atoms with Gasteiger partial charge < -0.3 is 9.73 Å². The number of likely N-dealkylation sites (tertiary alicyclic amines) is 1. The van der Waals surface area contributed by atoms with Crippen molar-refractivity contribution in [1.29, 1.82) is 0 Å². The van der Waals surface area contributed by atoms with Crippen LogP contribution >= 0.6 is 0 Å². The van der Waals surface area contributed by atoms with E-state index in [0.29, 0.717) is 0 Å². The number of piperidine rings is 1. The van der Waals surface area contributed by atoms with Crippen LogP contribution in [0.2, 0.25) is 0 Å². The van der Waals surface area contributed by atoms with Crippen LogP contribution in [-0.2, 0) is 13.1 Å². The summed E-state index contributed by atoms with van der Waals surface area (Å²) < 4.78 is 5.87. The third-order valence-corrected chi connectivity index (χ3v) is 4.37. The number of furan rings is 1. The second kappa shape index (κ2) is 7.84. The molecule has 1 aromatic rings. The van der Waals surface area contributed by atoms with Crippen LogP contribution in [-0.4, -0.2) is 24.5 Å². The lowest BCUT2D eigenvalue weighted by atomic mass is 9.95. The molecule has 20 heavy (non-hydrogen) atoms. The third kappa shape index (κ3) is 4.35. The Morgan fingerprint density at radius 3 is 3.00 bits per heavy atom. The van der Waals surface area contributed by atoms with E-state index in [1.807, 2.05) is 0 Å². The zero-order valence-electron chi connectivity index (χ0n) is 13.4. The molecule has 0 amide bonds. The summed E-state index contributed by atoms with van der Waals surface area (Å²) >= 11 is 0. The van der Waals surface area contributed by atoms with E-state index in [1.165, 1.54) is 44.3 Å². The smallest absolute Gasteiger partial charge is 0.118 e. The molecule has 0 saturated carbocycles. The van der Waals surface area contributed by atoms with Crippen molar-refractivity contribution in [1.82, 2.24) is 10.2 Å². The summed E-state index contributed by atoms with van der Waals surface area (Å²) in [6, 6.07) is 2.24. The highest BCUT2D eigenvalue weighted by atomic mass is 16.3. The molecule has 1 saturated heterocycles. The minimum absolute atomic E-state index is 0.853.